The van der Waals surface area contributed by atoms with Gasteiger partial charge in [0, 0.05) is 0 Å². The van der Waals surface area contributed by atoms with Gasteiger partial charge < -0.3 is 9.47 Å². The van der Waals surface area contributed by atoms with Gasteiger partial charge >= 0.3 is 12.1 Å². The molecule has 0 bridgehead atoms. The summed E-state index contributed by atoms with van der Waals surface area (Å²) in [6.45, 7) is 0.639. The predicted molar refractivity (Wildman–Crippen MR) is 32.8 cm³/mol. The Labute approximate surface area is 62.9 Å². The molecule has 1 amide bonds. The Kier molecular flexibility index (Phi) is 1.24. The van der Waals surface area contributed by atoms with Crippen molar-refractivity contribution in [3.63, 3.8) is 0 Å². The lowest BCUT2D eigenvalue weighted by molar-refractivity contribution is -0.150. The first-order valence-corrected chi connectivity index (χ1v) is 3.36. The van der Waals surface area contributed by atoms with E-state index >= 15 is 0 Å². The summed E-state index contributed by atoms with van der Waals surface area (Å²) >= 11 is 0. The van der Waals surface area contributed by atoms with Crippen LogP contribution in [0.1, 0.15) is 0 Å². The molecule has 0 spiro atoms. The highest BCUT2D eigenvalue weighted by Gasteiger charge is 2.38. The Bertz CT molecular complexity index is 215. The maximum absolute atomic E-state index is 10.8. The number of rotatable bonds is 0. The van der Waals surface area contributed by atoms with Crippen LogP contribution in [-0.4, -0.2) is 42.8 Å². The van der Waals surface area contributed by atoms with Gasteiger partial charge in [0.1, 0.15) is 25.8 Å². The van der Waals surface area contributed by atoms with Crippen molar-refractivity contribution in [2.45, 2.75) is 6.04 Å². The van der Waals surface area contributed by atoms with Crippen LogP contribution in [0.3, 0.4) is 0 Å². The zero-order chi connectivity index (χ0) is 7.84. The molecule has 2 fully saturated rings. The van der Waals surface area contributed by atoms with Crippen LogP contribution in [0.4, 0.5) is 4.79 Å². The summed E-state index contributed by atoms with van der Waals surface area (Å²) < 4.78 is 9.43. The molecule has 0 N–H and O–H groups in total. The molecule has 0 aliphatic carbocycles. The zero-order valence-electron chi connectivity index (χ0n) is 5.78. The minimum Gasteiger partial charge on any atom is -0.462 e. The van der Waals surface area contributed by atoms with E-state index < -0.39 is 6.09 Å². The molecule has 0 aromatic rings. The Balaban J connectivity index is 2.13. The van der Waals surface area contributed by atoms with Gasteiger partial charge in [0.25, 0.3) is 0 Å². The lowest BCUT2D eigenvalue weighted by Crippen LogP contribution is -2.46. The molecule has 0 aromatic heterocycles. The minimum atomic E-state index is -0.411. The number of nitrogens with zero attached hydrogens (tertiary/aromatic N) is 1. The maximum Gasteiger partial charge on any atom is 0.410 e. The van der Waals surface area contributed by atoms with Gasteiger partial charge in [-0.15, -0.1) is 0 Å². The number of fused-ring (bicyclic) bond motifs is 1. The highest BCUT2D eigenvalue weighted by atomic mass is 16.6. The normalized spacial score (nSPS) is 29.5. The van der Waals surface area contributed by atoms with Gasteiger partial charge in [-0.3, -0.25) is 9.69 Å². The SMILES string of the molecule is O=C1CN2C(=O)OCC2CO1. The molecule has 60 valence electrons. The first kappa shape index (κ1) is 6.45. The number of carbonyl (C=O) groups excluding carboxylic acids is 2. The van der Waals surface area contributed by atoms with Crippen molar-refractivity contribution in [2.24, 2.45) is 0 Å². The molecule has 1 atom stereocenters. The number of ether oxygens (including phenoxy) is 2. The average molecular weight is 157 g/mol. The van der Waals surface area contributed by atoms with E-state index in [1.165, 1.54) is 4.90 Å². The van der Waals surface area contributed by atoms with Crippen molar-refractivity contribution < 1.29 is 19.1 Å². The first-order valence-electron chi connectivity index (χ1n) is 3.36. The second-order valence-electron chi connectivity index (χ2n) is 2.54. The molecule has 0 radical (unpaired) electrons. The summed E-state index contributed by atoms with van der Waals surface area (Å²) in [6.07, 6.45) is -0.411. The molecule has 2 heterocycles. The molecule has 2 aliphatic rings. The second-order valence-corrected chi connectivity index (χ2v) is 2.54. The van der Waals surface area contributed by atoms with Gasteiger partial charge in [-0.25, -0.2) is 4.79 Å². The fourth-order valence-electron chi connectivity index (χ4n) is 1.20. The van der Waals surface area contributed by atoms with Crippen molar-refractivity contribution in [3.05, 3.63) is 0 Å². The van der Waals surface area contributed by atoms with Crippen LogP contribution in [0, 0.1) is 0 Å². The topological polar surface area (TPSA) is 55.8 Å². The minimum absolute atomic E-state index is 0.0312. The summed E-state index contributed by atoms with van der Waals surface area (Å²) in [5.74, 6) is -0.361. The van der Waals surface area contributed by atoms with Crippen molar-refractivity contribution in [1.29, 1.82) is 0 Å². The van der Waals surface area contributed by atoms with Crippen LogP contribution < -0.4 is 0 Å². The molecule has 0 saturated carbocycles. The highest BCUT2D eigenvalue weighted by Crippen LogP contribution is 2.15. The molecular weight excluding hydrogens is 150 g/mol. The zero-order valence-corrected chi connectivity index (χ0v) is 5.78. The van der Waals surface area contributed by atoms with Gasteiger partial charge in [0.05, 0.1) is 0 Å². The molecule has 2 aliphatic heterocycles. The van der Waals surface area contributed by atoms with Gasteiger partial charge in [-0.1, -0.05) is 0 Å². The van der Waals surface area contributed by atoms with Crippen LogP contribution in [0.25, 0.3) is 0 Å². The number of esters is 1. The summed E-state index contributed by atoms with van der Waals surface area (Å²) in [4.78, 5) is 22.9. The van der Waals surface area contributed by atoms with E-state index in [2.05, 4.69) is 0 Å². The standard InChI is InChI=1S/C6H7NO4/c8-5-1-7-4(2-10-5)3-11-6(7)9/h4H,1-3H2. The summed E-state index contributed by atoms with van der Waals surface area (Å²) in [5, 5.41) is 0. The van der Waals surface area contributed by atoms with Crippen LogP contribution in [0.15, 0.2) is 0 Å². The third kappa shape index (κ3) is 0.923. The lowest BCUT2D eigenvalue weighted by atomic mass is 10.3. The van der Waals surface area contributed by atoms with Crippen molar-refractivity contribution >= 4 is 12.1 Å². The van der Waals surface area contributed by atoms with Gasteiger partial charge in [-0.05, 0) is 0 Å². The average Bonchev–Trinajstić information content (AvgIpc) is 2.33. The molecular formula is C6H7NO4. The number of carbonyl (C=O) groups is 2. The summed E-state index contributed by atoms with van der Waals surface area (Å²) in [6, 6.07) is -0.0554. The van der Waals surface area contributed by atoms with E-state index in [4.69, 9.17) is 9.47 Å². The fraction of sp³-hybridized carbons (Fsp3) is 0.667. The smallest absolute Gasteiger partial charge is 0.410 e. The number of hydrogen-bond acceptors (Lipinski definition) is 4. The molecule has 1 unspecified atom stereocenters. The lowest BCUT2D eigenvalue weighted by Gasteiger charge is -2.24. The van der Waals surface area contributed by atoms with E-state index in [9.17, 15) is 9.59 Å². The maximum atomic E-state index is 10.8. The molecule has 5 heteroatoms. The highest BCUT2D eigenvalue weighted by molar-refractivity contribution is 5.80. The number of morpholine rings is 1. The predicted octanol–water partition coefficient (Wildman–Crippen LogP) is -0.636. The fourth-order valence-corrected chi connectivity index (χ4v) is 1.20. The van der Waals surface area contributed by atoms with E-state index in [1.54, 1.807) is 0 Å². The van der Waals surface area contributed by atoms with Gasteiger partial charge in [0.15, 0.2) is 0 Å². The number of cyclic esters (lactones) is 2. The Morgan fingerprint density at radius 3 is 2.82 bits per heavy atom. The largest absolute Gasteiger partial charge is 0.462 e. The van der Waals surface area contributed by atoms with Crippen LogP contribution in [-0.2, 0) is 14.3 Å². The molecule has 2 saturated heterocycles. The first-order chi connectivity index (χ1) is 5.27. The van der Waals surface area contributed by atoms with Gasteiger partial charge in [0.2, 0.25) is 0 Å². The Morgan fingerprint density at radius 2 is 2.00 bits per heavy atom. The molecule has 0 aromatic carbocycles. The van der Waals surface area contributed by atoms with Crippen LogP contribution in [0.5, 0.6) is 0 Å². The Hall–Kier alpha value is -1.26. The van der Waals surface area contributed by atoms with Crippen LogP contribution >= 0.6 is 0 Å². The third-order valence-corrected chi connectivity index (χ3v) is 1.81. The van der Waals surface area contributed by atoms with E-state index in [0.717, 1.165) is 0 Å². The van der Waals surface area contributed by atoms with Gasteiger partial charge in [-0.2, -0.15) is 0 Å². The molecule has 5 nitrogen and oxygen atoms in total. The summed E-state index contributed by atoms with van der Waals surface area (Å²) in [5.41, 5.74) is 0. The quantitative estimate of drug-likeness (QED) is 0.439. The third-order valence-electron chi connectivity index (χ3n) is 1.81. The number of amides is 1. The van der Waals surface area contributed by atoms with Crippen LogP contribution in [0.2, 0.25) is 0 Å². The number of hydrogen-bond donors (Lipinski definition) is 0. The van der Waals surface area contributed by atoms with E-state index in [0.29, 0.717) is 6.61 Å². The van der Waals surface area contributed by atoms with Crippen molar-refractivity contribution in [1.82, 2.24) is 4.90 Å². The second kappa shape index (κ2) is 2.11. The van der Waals surface area contributed by atoms with Crippen molar-refractivity contribution in [2.75, 3.05) is 19.8 Å². The molecule has 2 rings (SSSR count). The monoisotopic (exact) mass is 157 g/mol. The Morgan fingerprint density at radius 1 is 1.27 bits per heavy atom. The van der Waals surface area contributed by atoms with E-state index in [1.807, 2.05) is 0 Å². The molecule has 11 heavy (non-hydrogen) atoms. The van der Waals surface area contributed by atoms with E-state index in [-0.39, 0.29) is 25.2 Å². The van der Waals surface area contributed by atoms with Crippen molar-refractivity contribution in [3.8, 4) is 0 Å². The summed E-state index contributed by atoms with van der Waals surface area (Å²) in [7, 11) is 0.